The fourth-order valence-corrected chi connectivity index (χ4v) is 6.98. The Morgan fingerprint density at radius 2 is 1.48 bits per heavy atom. The van der Waals surface area contributed by atoms with Crippen LogP contribution in [0.15, 0.2) is 127 Å². The zero-order valence-electron chi connectivity index (χ0n) is 32.0. The number of benzene rings is 5. The Morgan fingerprint density at radius 1 is 0.821 bits per heavy atom. The van der Waals surface area contributed by atoms with Crippen LogP contribution in [0.1, 0.15) is 78.9 Å². The summed E-state index contributed by atoms with van der Waals surface area (Å²) in [7, 11) is 2.01. The number of para-hydroxylation sites is 2. The van der Waals surface area contributed by atoms with Gasteiger partial charge in [0.25, 0.3) is 0 Å². The normalized spacial score (nSPS) is 17.9. The van der Waals surface area contributed by atoms with E-state index in [1.165, 1.54) is 0 Å². The largest absolute Gasteiger partial charge is 0.397 e. The Morgan fingerprint density at radius 3 is 2.21 bits per heavy atom. The van der Waals surface area contributed by atoms with Crippen LogP contribution >= 0.6 is 0 Å². The summed E-state index contributed by atoms with van der Waals surface area (Å²) in [6.07, 6.45) is -0.227. The molecule has 1 fully saturated rings. The minimum absolute atomic E-state index is 0.0271. The maximum atomic E-state index is 12.8. The highest BCUT2D eigenvalue weighted by atomic mass is 16.7. The third-order valence-corrected chi connectivity index (χ3v) is 10.4. The summed E-state index contributed by atoms with van der Waals surface area (Å²) >= 11 is 0. The number of carbonyl (C=O) groups excluding carboxylic acids is 2. The molecule has 0 radical (unpaired) electrons. The average molecular weight is 757 g/mol. The summed E-state index contributed by atoms with van der Waals surface area (Å²) in [6.45, 7) is 2.93. The molecule has 1 aliphatic heterocycles. The number of aliphatic hydroxyl groups is 2. The van der Waals surface area contributed by atoms with Crippen molar-refractivity contribution < 1.29 is 29.3 Å². The molecule has 1 saturated heterocycles. The van der Waals surface area contributed by atoms with Gasteiger partial charge in [0.1, 0.15) is 0 Å². The molecule has 0 aromatic heterocycles. The fraction of sp³-hybridized carbons (Fsp3) is 0.304. The molecule has 6 rings (SSSR count). The van der Waals surface area contributed by atoms with Gasteiger partial charge in [-0.15, -0.1) is 0 Å². The predicted molar refractivity (Wildman–Crippen MR) is 219 cm³/mol. The Bertz CT molecular complexity index is 2020. The number of hydrogen-bond acceptors (Lipinski definition) is 8. The second-order valence-corrected chi connectivity index (χ2v) is 14.4. The predicted octanol–water partition coefficient (Wildman–Crippen LogP) is 7.45. The van der Waals surface area contributed by atoms with Gasteiger partial charge in [-0.3, -0.25) is 14.5 Å². The molecule has 1 heterocycles. The van der Waals surface area contributed by atoms with Crippen LogP contribution in [0.2, 0.25) is 0 Å². The lowest BCUT2D eigenvalue weighted by Gasteiger charge is -2.39. The molecule has 10 heteroatoms. The van der Waals surface area contributed by atoms with Crippen LogP contribution in [0.5, 0.6) is 0 Å². The lowest BCUT2D eigenvalue weighted by Crippen LogP contribution is -2.43. The first-order valence-corrected chi connectivity index (χ1v) is 19.2. The number of nitrogen functional groups attached to an aromatic ring is 1. The van der Waals surface area contributed by atoms with Crippen molar-refractivity contribution in [3.05, 3.63) is 155 Å². The Hall–Kier alpha value is -5.36. The highest BCUT2D eigenvalue weighted by Crippen LogP contribution is 2.39. The van der Waals surface area contributed by atoms with E-state index in [-0.39, 0.29) is 49.5 Å². The number of amides is 2. The van der Waals surface area contributed by atoms with E-state index in [0.29, 0.717) is 37.3 Å². The summed E-state index contributed by atoms with van der Waals surface area (Å²) in [4.78, 5) is 27.3. The molecule has 5 atom stereocenters. The van der Waals surface area contributed by atoms with Gasteiger partial charge in [-0.25, -0.2) is 0 Å². The monoisotopic (exact) mass is 756 g/mol. The maximum absolute atomic E-state index is 12.8. The van der Waals surface area contributed by atoms with Crippen LogP contribution in [-0.2, 0) is 32.2 Å². The number of likely N-dealkylation sites (N-methyl/N-ethyl adjacent to an activating group) is 1. The van der Waals surface area contributed by atoms with Crippen LogP contribution in [0.25, 0.3) is 11.1 Å². The van der Waals surface area contributed by atoms with E-state index in [2.05, 4.69) is 15.5 Å². The van der Waals surface area contributed by atoms with E-state index >= 15 is 0 Å². The van der Waals surface area contributed by atoms with E-state index in [9.17, 15) is 19.8 Å². The van der Waals surface area contributed by atoms with Gasteiger partial charge in [-0.2, -0.15) is 0 Å². The van der Waals surface area contributed by atoms with Crippen LogP contribution in [0.3, 0.4) is 0 Å². The second kappa shape index (κ2) is 19.5. The fourth-order valence-electron chi connectivity index (χ4n) is 6.98. The minimum Gasteiger partial charge on any atom is -0.397 e. The number of hydrogen-bond donors (Lipinski definition) is 5. The second-order valence-electron chi connectivity index (χ2n) is 14.4. The first-order valence-electron chi connectivity index (χ1n) is 19.2. The standard InChI is InChI=1S/C46H52N4O6/c1-31(45(54)35-11-4-3-5-12-35)50(2)29-38-27-42(34-21-19-32(30-51)20-22-34)56-46(55-38)36-25-23-33(24-26-36)39-14-7-6-13-37(39)28-48-43(52)17-10-18-44(53)49-41-16-9-8-15-40(41)47/h3-9,11-16,19-26,31,38,42,45-46,51,54H,10,17-18,27-30,47H2,1-2H3,(H,48,52)(H,49,53). The SMILES string of the molecule is CC(C(O)c1ccccc1)N(C)CC1CC(c2ccc(CO)cc2)OC(c2ccc(-c3ccccc3CNC(=O)CCCC(=O)Nc3ccccc3N)cc2)O1. The van der Waals surface area contributed by atoms with E-state index in [1.54, 1.807) is 24.3 Å². The summed E-state index contributed by atoms with van der Waals surface area (Å²) < 4.78 is 13.2. The lowest BCUT2D eigenvalue weighted by atomic mass is 9.97. The molecule has 10 nitrogen and oxygen atoms in total. The van der Waals surface area contributed by atoms with Gasteiger partial charge in [0, 0.05) is 44.0 Å². The van der Waals surface area contributed by atoms with E-state index in [1.807, 2.05) is 117 Å². The summed E-state index contributed by atoms with van der Waals surface area (Å²) in [6, 6.07) is 40.5. The molecule has 0 bridgehead atoms. The molecular weight excluding hydrogens is 705 g/mol. The molecule has 292 valence electrons. The molecular formula is C46H52N4O6. The molecule has 5 aromatic rings. The van der Waals surface area contributed by atoms with Crippen molar-refractivity contribution in [3.8, 4) is 11.1 Å². The highest BCUT2D eigenvalue weighted by Gasteiger charge is 2.34. The van der Waals surface area contributed by atoms with Gasteiger partial charge < -0.3 is 36.1 Å². The van der Waals surface area contributed by atoms with Gasteiger partial charge >= 0.3 is 0 Å². The van der Waals surface area contributed by atoms with Crippen molar-refractivity contribution in [2.24, 2.45) is 0 Å². The number of carbonyl (C=O) groups is 2. The molecule has 5 aromatic carbocycles. The van der Waals surface area contributed by atoms with Crippen molar-refractivity contribution in [1.29, 1.82) is 0 Å². The molecule has 5 unspecified atom stereocenters. The number of aliphatic hydroxyl groups excluding tert-OH is 2. The van der Waals surface area contributed by atoms with Crippen molar-refractivity contribution >= 4 is 23.2 Å². The smallest absolute Gasteiger partial charge is 0.224 e. The quantitative estimate of drug-likeness (QED) is 0.0653. The van der Waals surface area contributed by atoms with Crippen molar-refractivity contribution in [2.45, 2.75) is 76.4 Å². The van der Waals surface area contributed by atoms with E-state index in [0.717, 1.165) is 38.9 Å². The van der Waals surface area contributed by atoms with Gasteiger partial charge in [0.2, 0.25) is 11.8 Å². The Kier molecular flexibility index (Phi) is 14.0. The number of nitrogens with one attached hydrogen (secondary N) is 2. The van der Waals surface area contributed by atoms with Crippen LogP contribution in [-0.4, -0.2) is 52.7 Å². The molecule has 2 amide bonds. The zero-order chi connectivity index (χ0) is 39.4. The van der Waals surface area contributed by atoms with Crippen LogP contribution < -0.4 is 16.4 Å². The third-order valence-electron chi connectivity index (χ3n) is 10.4. The third kappa shape index (κ3) is 10.7. The number of rotatable bonds is 16. The van der Waals surface area contributed by atoms with Crippen LogP contribution in [0, 0.1) is 0 Å². The number of nitrogens with two attached hydrogens (primary N) is 1. The molecule has 1 aliphatic rings. The van der Waals surface area contributed by atoms with Gasteiger partial charge in [0.15, 0.2) is 6.29 Å². The molecule has 0 spiro atoms. The molecule has 0 aliphatic carbocycles. The minimum atomic E-state index is -0.651. The first kappa shape index (κ1) is 40.3. The van der Waals surface area contributed by atoms with Gasteiger partial charge in [-0.05, 0) is 65.9 Å². The van der Waals surface area contributed by atoms with Gasteiger partial charge in [-0.1, -0.05) is 115 Å². The molecule has 6 N–H and O–H groups in total. The van der Waals surface area contributed by atoms with E-state index in [4.69, 9.17) is 15.2 Å². The van der Waals surface area contributed by atoms with Crippen LogP contribution in [0.4, 0.5) is 11.4 Å². The van der Waals surface area contributed by atoms with Gasteiger partial charge in [0.05, 0.1) is 36.3 Å². The molecule has 0 saturated carbocycles. The first-order chi connectivity index (χ1) is 27.2. The van der Waals surface area contributed by atoms with Crippen molar-refractivity contribution in [2.75, 3.05) is 24.6 Å². The maximum Gasteiger partial charge on any atom is 0.224 e. The lowest BCUT2D eigenvalue weighted by molar-refractivity contribution is -0.253. The number of nitrogens with zero attached hydrogens (tertiary/aromatic N) is 1. The van der Waals surface area contributed by atoms with Crippen molar-refractivity contribution in [1.82, 2.24) is 10.2 Å². The Labute approximate surface area is 329 Å². The zero-order valence-corrected chi connectivity index (χ0v) is 32.0. The van der Waals surface area contributed by atoms with Crippen molar-refractivity contribution in [3.63, 3.8) is 0 Å². The number of anilines is 2. The van der Waals surface area contributed by atoms with E-state index < -0.39 is 12.4 Å². The summed E-state index contributed by atoms with van der Waals surface area (Å²) in [5.74, 6) is -0.310. The molecule has 56 heavy (non-hydrogen) atoms. The summed E-state index contributed by atoms with van der Waals surface area (Å²) in [5, 5.41) is 26.6. The number of ether oxygens (including phenoxy) is 2. The average Bonchev–Trinajstić information content (AvgIpc) is 3.23. The summed E-state index contributed by atoms with van der Waals surface area (Å²) in [5.41, 5.74) is 13.5. The highest BCUT2D eigenvalue weighted by molar-refractivity contribution is 5.94. The Balaban J connectivity index is 1.09. The topological polar surface area (TPSA) is 146 Å².